The third-order valence-corrected chi connectivity index (χ3v) is 6.79. The molecule has 2 amide bonds. The van der Waals surface area contributed by atoms with E-state index in [9.17, 15) is 22.4 Å². The number of sulfonamides is 1. The van der Waals surface area contributed by atoms with Crippen LogP contribution in [0, 0.1) is 5.82 Å². The molecule has 0 aliphatic rings. The Labute approximate surface area is 197 Å². The Kier molecular flexibility index (Phi) is 7.77. The zero-order valence-corrected chi connectivity index (χ0v) is 19.6. The maximum atomic E-state index is 13.0. The Morgan fingerprint density at radius 3 is 2.21 bits per heavy atom. The normalized spacial score (nSPS) is 12.3. The van der Waals surface area contributed by atoms with Gasteiger partial charge in [0.05, 0.1) is 18.0 Å². The van der Waals surface area contributed by atoms with Crippen molar-refractivity contribution in [2.45, 2.75) is 17.9 Å². The second-order valence-corrected chi connectivity index (χ2v) is 9.34. The minimum atomic E-state index is -3.88. The van der Waals surface area contributed by atoms with E-state index in [2.05, 4.69) is 10.6 Å². The molecule has 0 heterocycles. The van der Waals surface area contributed by atoms with Crippen molar-refractivity contribution >= 4 is 27.5 Å². The fourth-order valence-corrected chi connectivity index (χ4v) is 4.09. The van der Waals surface area contributed by atoms with Gasteiger partial charge in [0.15, 0.2) is 0 Å². The number of nitrogens with one attached hydrogen (secondary N) is 2. The summed E-state index contributed by atoms with van der Waals surface area (Å²) in [5, 5.41) is 5.55. The van der Waals surface area contributed by atoms with Gasteiger partial charge in [-0.15, -0.1) is 0 Å². The van der Waals surface area contributed by atoms with E-state index < -0.39 is 27.8 Å². The summed E-state index contributed by atoms with van der Waals surface area (Å²) in [6, 6.07) is 17.3. The lowest BCUT2D eigenvalue weighted by molar-refractivity contribution is -0.0258. The summed E-state index contributed by atoms with van der Waals surface area (Å²) in [6.45, 7) is 1.78. The van der Waals surface area contributed by atoms with E-state index in [0.29, 0.717) is 15.7 Å². The largest absolute Gasteiger partial charge is 0.346 e. The first-order chi connectivity index (χ1) is 16.1. The first-order valence-electron chi connectivity index (χ1n) is 10.2. The average molecular weight is 486 g/mol. The third-order valence-electron chi connectivity index (χ3n) is 5.11. The molecule has 1 unspecified atom stereocenters. The molecule has 0 bridgehead atoms. The van der Waals surface area contributed by atoms with Crippen molar-refractivity contribution in [2.24, 2.45) is 0 Å². The van der Waals surface area contributed by atoms with Gasteiger partial charge in [-0.1, -0.05) is 22.7 Å². The van der Waals surface area contributed by atoms with E-state index in [-0.39, 0.29) is 16.4 Å². The predicted molar refractivity (Wildman–Crippen MR) is 125 cm³/mol. The minimum Gasteiger partial charge on any atom is -0.346 e. The maximum Gasteiger partial charge on any atom is 0.264 e. The molecule has 10 heteroatoms. The molecular weight excluding hydrogens is 461 g/mol. The highest BCUT2D eigenvalue weighted by atomic mass is 32.2. The minimum absolute atomic E-state index is 0.0709. The summed E-state index contributed by atoms with van der Waals surface area (Å²) in [7, 11) is -1.39. The van der Waals surface area contributed by atoms with Crippen LogP contribution in [0.4, 0.5) is 10.1 Å². The van der Waals surface area contributed by atoms with Crippen molar-refractivity contribution in [3.63, 3.8) is 0 Å². The van der Waals surface area contributed by atoms with Gasteiger partial charge in [0.25, 0.3) is 21.8 Å². The Balaban J connectivity index is 1.66. The van der Waals surface area contributed by atoms with E-state index in [1.54, 1.807) is 31.2 Å². The molecule has 0 aromatic heterocycles. The zero-order chi connectivity index (χ0) is 24.9. The molecule has 3 rings (SSSR count). The Bertz CT molecular complexity index is 1280. The van der Waals surface area contributed by atoms with Crippen LogP contribution in [-0.4, -0.2) is 38.9 Å². The van der Waals surface area contributed by atoms with E-state index in [4.69, 9.17) is 4.84 Å². The molecule has 0 saturated heterocycles. The topological polar surface area (TPSA) is 105 Å². The maximum absolute atomic E-state index is 13.0. The SMILES string of the molecule is CON(C)S(=O)(=O)c1cccc(C(=O)NC(C)c2ccc(NC(=O)c3ccc(F)cc3)cc2)c1. The number of carbonyl (C=O) groups excluding carboxylic acids is 2. The molecule has 0 saturated carbocycles. The fraction of sp³-hybridized carbons (Fsp3) is 0.167. The van der Waals surface area contributed by atoms with Crippen molar-refractivity contribution < 1.29 is 27.2 Å². The quantitative estimate of drug-likeness (QED) is 0.473. The van der Waals surface area contributed by atoms with Gasteiger partial charge in [0.2, 0.25) is 0 Å². The Hall–Kier alpha value is -3.60. The molecule has 1 atom stereocenters. The number of carbonyl (C=O) groups is 2. The van der Waals surface area contributed by atoms with Crippen molar-refractivity contribution in [3.8, 4) is 0 Å². The number of amides is 2. The first-order valence-corrected chi connectivity index (χ1v) is 11.7. The lowest BCUT2D eigenvalue weighted by Crippen LogP contribution is -2.28. The second kappa shape index (κ2) is 10.6. The Morgan fingerprint density at radius 1 is 0.941 bits per heavy atom. The van der Waals surface area contributed by atoms with Crippen LogP contribution in [0.1, 0.15) is 39.2 Å². The fourth-order valence-electron chi connectivity index (χ4n) is 3.07. The van der Waals surface area contributed by atoms with Gasteiger partial charge < -0.3 is 10.6 Å². The van der Waals surface area contributed by atoms with Gasteiger partial charge in [-0.3, -0.25) is 14.4 Å². The Morgan fingerprint density at radius 2 is 1.59 bits per heavy atom. The molecule has 2 N–H and O–H groups in total. The van der Waals surface area contributed by atoms with Gasteiger partial charge in [-0.05, 0) is 67.1 Å². The highest BCUT2D eigenvalue weighted by Crippen LogP contribution is 2.19. The number of halogens is 1. The van der Waals surface area contributed by atoms with Gasteiger partial charge in [0, 0.05) is 23.9 Å². The van der Waals surface area contributed by atoms with Gasteiger partial charge in [0.1, 0.15) is 5.82 Å². The zero-order valence-electron chi connectivity index (χ0n) is 18.8. The van der Waals surface area contributed by atoms with Crippen LogP contribution in [0.3, 0.4) is 0 Å². The number of hydrogen-bond donors (Lipinski definition) is 2. The van der Waals surface area contributed by atoms with Crippen molar-refractivity contribution in [1.82, 2.24) is 9.79 Å². The lowest BCUT2D eigenvalue weighted by atomic mass is 10.1. The standard InChI is InChI=1S/C24H24FN3O5S/c1-16(26-24(30)19-5-4-6-22(15-19)34(31,32)28(2)33-3)17-9-13-21(14-10-17)27-23(29)18-7-11-20(25)12-8-18/h4-16H,1-3H3,(H,26,30)(H,27,29). The molecule has 0 aliphatic heterocycles. The summed E-state index contributed by atoms with van der Waals surface area (Å²) < 4.78 is 38.6. The molecule has 0 aliphatic carbocycles. The number of benzene rings is 3. The number of anilines is 1. The summed E-state index contributed by atoms with van der Waals surface area (Å²) in [5.74, 6) is -1.24. The summed E-state index contributed by atoms with van der Waals surface area (Å²) in [4.78, 5) is 29.7. The molecule has 34 heavy (non-hydrogen) atoms. The number of nitrogens with zero attached hydrogens (tertiary/aromatic N) is 1. The van der Waals surface area contributed by atoms with E-state index in [1.165, 1.54) is 62.7 Å². The van der Waals surface area contributed by atoms with Crippen LogP contribution < -0.4 is 10.6 Å². The van der Waals surface area contributed by atoms with Crippen molar-refractivity contribution in [3.05, 3.63) is 95.3 Å². The smallest absolute Gasteiger partial charge is 0.264 e. The summed E-state index contributed by atoms with van der Waals surface area (Å²) >= 11 is 0. The number of hydroxylamine groups is 1. The highest BCUT2D eigenvalue weighted by Gasteiger charge is 2.22. The number of rotatable bonds is 8. The number of hydrogen-bond acceptors (Lipinski definition) is 5. The van der Waals surface area contributed by atoms with Crippen LogP contribution in [0.2, 0.25) is 0 Å². The summed E-state index contributed by atoms with van der Waals surface area (Å²) in [6.07, 6.45) is 0. The molecule has 8 nitrogen and oxygen atoms in total. The molecule has 0 radical (unpaired) electrons. The molecule has 3 aromatic rings. The second-order valence-electron chi connectivity index (χ2n) is 7.40. The monoisotopic (exact) mass is 485 g/mol. The third kappa shape index (κ3) is 5.84. The van der Waals surface area contributed by atoms with E-state index in [1.807, 2.05) is 0 Å². The molecule has 0 spiro atoms. The predicted octanol–water partition coefficient (Wildman–Crippen LogP) is 3.75. The van der Waals surface area contributed by atoms with Crippen LogP contribution in [0.15, 0.2) is 77.7 Å². The molecule has 0 fully saturated rings. The molecular formula is C24H24FN3O5S. The van der Waals surface area contributed by atoms with Gasteiger partial charge in [-0.25, -0.2) is 12.8 Å². The average Bonchev–Trinajstić information content (AvgIpc) is 2.84. The van der Waals surface area contributed by atoms with E-state index >= 15 is 0 Å². The van der Waals surface area contributed by atoms with E-state index in [0.717, 1.165) is 5.56 Å². The van der Waals surface area contributed by atoms with Gasteiger partial charge in [-0.2, -0.15) is 0 Å². The van der Waals surface area contributed by atoms with Crippen molar-refractivity contribution in [2.75, 3.05) is 19.5 Å². The molecule has 178 valence electrons. The van der Waals surface area contributed by atoms with Gasteiger partial charge >= 0.3 is 0 Å². The first kappa shape index (κ1) is 25.0. The van der Waals surface area contributed by atoms with Crippen LogP contribution >= 0.6 is 0 Å². The van der Waals surface area contributed by atoms with Crippen LogP contribution in [0.25, 0.3) is 0 Å². The van der Waals surface area contributed by atoms with Crippen LogP contribution in [-0.2, 0) is 14.9 Å². The van der Waals surface area contributed by atoms with Crippen LogP contribution in [0.5, 0.6) is 0 Å². The lowest BCUT2D eigenvalue weighted by Gasteiger charge is -2.17. The highest BCUT2D eigenvalue weighted by molar-refractivity contribution is 7.89. The van der Waals surface area contributed by atoms with Crippen molar-refractivity contribution in [1.29, 1.82) is 0 Å². The summed E-state index contributed by atoms with van der Waals surface area (Å²) in [5.41, 5.74) is 1.82. The molecule has 3 aromatic carbocycles.